The van der Waals surface area contributed by atoms with E-state index in [-0.39, 0.29) is 17.2 Å². The van der Waals surface area contributed by atoms with Gasteiger partial charge < -0.3 is 5.32 Å². The number of ketones is 1. The fraction of sp³-hybridized carbons (Fsp3) is 0.318. The number of nitrogens with zero attached hydrogens (tertiary/aromatic N) is 3. The molecule has 0 amide bonds. The molecule has 7 nitrogen and oxygen atoms in total. The molecule has 0 aliphatic carbocycles. The molecule has 1 saturated heterocycles. The number of benzene rings is 2. The molecule has 0 saturated carbocycles. The van der Waals surface area contributed by atoms with Gasteiger partial charge in [0.2, 0.25) is 15.2 Å². The second-order valence-corrected chi connectivity index (χ2v) is 12.1. The van der Waals surface area contributed by atoms with Crippen molar-refractivity contribution in [3.8, 4) is 0 Å². The van der Waals surface area contributed by atoms with Crippen LogP contribution in [0.4, 0.5) is 5.13 Å². The lowest BCUT2D eigenvalue weighted by molar-refractivity contribution is 0.101. The summed E-state index contributed by atoms with van der Waals surface area (Å²) in [6.45, 7) is 1.15. The van der Waals surface area contributed by atoms with Gasteiger partial charge in [-0.25, -0.2) is 8.42 Å². The monoisotopic (exact) mass is 522 g/mol. The molecule has 1 aliphatic rings. The van der Waals surface area contributed by atoms with E-state index >= 15 is 0 Å². The zero-order valence-corrected chi connectivity index (χ0v) is 20.9. The van der Waals surface area contributed by atoms with Gasteiger partial charge in [0, 0.05) is 29.4 Å². The predicted molar refractivity (Wildman–Crippen MR) is 133 cm³/mol. The summed E-state index contributed by atoms with van der Waals surface area (Å²) in [5.41, 5.74) is 1.58. The molecule has 0 spiro atoms. The lowest BCUT2D eigenvalue weighted by Crippen LogP contribution is -2.35. The van der Waals surface area contributed by atoms with Crippen molar-refractivity contribution in [1.29, 1.82) is 0 Å². The summed E-state index contributed by atoms with van der Waals surface area (Å²) in [4.78, 5) is 12.8. The minimum atomic E-state index is -3.50. The quantitative estimate of drug-likeness (QED) is 0.314. The minimum Gasteiger partial charge on any atom is -0.353 e. The lowest BCUT2D eigenvalue weighted by Gasteiger charge is -2.25. The molecule has 11 heteroatoms. The van der Waals surface area contributed by atoms with Crippen LogP contribution in [0.1, 0.15) is 35.2 Å². The smallest absolute Gasteiger partial charge is 0.243 e. The van der Waals surface area contributed by atoms with Crippen LogP contribution in [0, 0.1) is 0 Å². The zero-order valence-electron chi connectivity index (χ0n) is 17.7. The molecule has 3 aromatic rings. The molecule has 0 unspecified atom stereocenters. The maximum absolute atomic E-state index is 12.7. The number of rotatable bonds is 9. The van der Waals surface area contributed by atoms with Crippen molar-refractivity contribution < 1.29 is 13.2 Å². The van der Waals surface area contributed by atoms with E-state index < -0.39 is 10.0 Å². The van der Waals surface area contributed by atoms with Crippen LogP contribution in [-0.4, -0.2) is 48.3 Å². The van der Waals surface area contributed by atoms with Gasteiger partial charge in [-0.2, -0.15) is 4.31 Å². The molecule has 33 heavy (non-hydrogen) atoms. The predicted octanol–water partition coefficient (Wildman–Crippen LogP) is 4.95. The Kier molecular flexibility index (Phi) is 8.02. The SMILES string of the molecule is O=C(CNc1nnc(SCc2ccc(Cl)cc2)s1)c1ccc(S(=O)(=O)N2CCCCC2)cc1. The molecule has 2 heterocycles. The standard InChI is InChI=1S/C22H23ClN4O3S3/c23-18-8-4-16(5-9-18)15-31-22-26-25-21(32-22)24-14-20(28)17-6-10-19(11-7-17)33(29,30)27-12-2-1-3-13-27/h4-11H,1-3,12-15H2,(H,24,25). The minimum absolute atomic E-state index is 0.0503. The molecule has 0 bridgehead atoms. The Balaban J connectivity index is 1.29. The third-order valence-corrected chi connectivity index (χ3v) is 9.46. The van der Waals surface area contributed by atoms with E-state index in [0.717, 1.165) is 34.9 Å². The zero-order chi connectivity index (χ0) is 23.3. The first-order chi connectivity index (χ1) is 15.9. The summed E-state index contributed by atoms with van der Waals surface area (Å²) in [6, 6.07) is 13.8. The molecule has 174 valence electrons. The van der Waals surface area contributed by atoms with Gasteiger partial charge in [-0.05, 0) is 54.8 Å². The number of aromatic nitrogens is 2. The van der Waals surface area contributed by atoms with Crippen molar-refractivity contribution in [2.24, 2.45) is 0 Å². The van der Waals surface area contributed by atoms with E-state index in [9.17, 15) is 13.2 Å². The van der Waals surface area contributed by atoms with E-state index in [4.69, 9.17) is 11.6 Å². The van der Waals surface area contributed by atoms with E-state index in [1.807, 2.05) is 24.3 Å². The Labute approximate surface area is 206 Å². The largest absolute Gasteiger partial charge is 0.353 e. The van der Waals surface area contributed by atoms with Gasteiger partial charge >= 0.3 is 0 Å². The number of carbonyl (C=O) groups is 1. The maximum Gasteiger partial charge on any atom is 0.243 e. The van der Waals surface area contributed by atoms with Crippen molar-refractivity contribution in [2.45, 2.75) is 34.3 Å². The second kappa shape index (κ2) is 11.0. The summed E-state index contributed by atoms with van der Waals surface area (Å²) in [5.74, 6) is 0.597. The van der Waals surface area contributed by atoms with Crippen molar-refractivity contribution in [1.82, 2.24) is 14.5 Å². The highest BCUT2D eigenvalue weighted by Gasteiger charge is 2.25. The topological polar surface area (TPSA) is 92.3 Å². The van der Waals surface area contributed by atoms with Crippen molar-refractivity contribution in [3.63, 3.8) is 0 Å². The Morgan fingerprint density at radius 3 is 2.42 bits per heavy atom. The van der Waals surface area contributed by atoms with Crippen molar-refractivity contribution >= 4 is 55.6 Å². The molecule has 0 radical (unpaired) electrons. The Morgan fingerprint density at radius 2 is 1.73 bits per heavy atom. The Bertz CT molecular complexity index is 1190. The molecule has 1 aromatic heterocycles. The second-order valence-electron chi connectivity index (χ2n) is 7.55. The highest BCUT2D eigenvalue weighted by atomic mass is 35.5. The van der Waals surface area contributed by atoms with Gasteiger partial charge in [-0.15, -0.1) is 10.2 Å². The van der Waals surface area contributed by atoms with Gasteiger partial charge in [0.15, 0.2) is 10.1 Å². The van der Waals surface area contributed by atoms with Crippen LogP contribution in [0.3, 0.4) is 0 Å². The molecule has 0 atom stereocenters. The first kappa shape index (κ1) is 24.2. The fourth-order valence-electron chi connectivity index (χ4n) is 3.39. The van der Waals surface area contributed by atoms with Gasteiger partial charge in [-0.3, -0.25) is 4.79 Å². The number of anilines is 1. The van der Waals surface area contributed by atoms with Crippen LogP contribution in [0.15, 0.2) is 57.8 Å². The van der Waals surface area contributed by atoms with Crippen LogP contribution in [0.2, 0.25) is 5.02 Å². The number of sulfonamides is 1. The van der Waals surface area contributed by atoms with Gasteiger partial charge in [0.25, 0.3) is 0 Å². The molecule has 1 N–H and O–H groups in total. The van der Waals surface area contributed by atoms with Gasteiger partial charge in [0.1, 0.15) is 0 Å². The molecular weight excluding hydrogens is 500 g/mol. The average molecular weight is 523 g/mol. The summed E-state index contributed by atoms with van der Waals surface area (Å²) in [5, 5.41) is 12.5. The highest BCUT2D eigenvalue weighted by Crippen LogP contribution is 2.28. The summed E-state index contributed by atoms with van der Waals surface area (Å²) >= 11 is 8.85. The maximum atomic E-state index is 12.7. The molecular formula is C22H23ClN4O3S3. The fourth-order valence-corrected chi connectivity index (χ4v) is 6.74. The molecule has 1 fully saturated rings. The first-order valence-electron chi connectivity index (χ1n) is 10.5. The number of piperidine rings is 1. The van der Waals surface area contributed by atoms with E-state index in [2.05, 4.69) is 15.5 Å². The van der Waals surface area contributed by atoms with Gasteiger partial charge in [0.05, 0.1) is 11.4 Å². The van der Waals surface area contributed by atoms with Crippen LogP contribution in [-0.2, 0) is 15.8 Å². The number of thioether (sulfide) groups is 1. The average Bonchev–Trinajstić information content (AvgIpc) is 3.31. The number of carbonyl (C=O) groups excluding carboxylic acids is 1. The van der Waals surface area contributed by atoms with Crippen molar-refractivity contribution in [3.05, 3.63) is 64.7 Å². The highest BCUT2D eigenvalue weighted by molar-refractivity contribution is 8.00. The van der Waals surface area contributed by atoms with Crippen LogP contribution < -0.4 is 5.32 Å². The Hall–Kier alpha value is -1.98. The van der Waals surface area contributed by atoms with Crippen molar-refractivity contribution in [2.75, 3.05) is 25.0 Å². The van der Waals surface area contributed by atoms with E-state index in [1.54, 1.807) is 23.9 Å². The summed E-state index contributed by atoms with van der Waals surface area (Å²) in [7, 11) is -3.50. The van der Waals surface area contributed by atoms with Crippen LogP contribution in [0.5, 0.6) is 0 Å². The van der Waals surface area contributed by atoms with E-state index in [1.165, 1.54) is 27.8 Å². The number of hydrogen-bond acceptors (Lipinski definition) is 8. The number of hydrogen-bond donors (Lipinski definition) is 1. The Morgan fingerprint density at radius 1 is 1.03 bits per heavy atom. The number of Topliss-reactive ketones (excluding diaryl/α,β-unsaturated/α-hetero) is 1. The lowest BCUT2D eigenvalue weighted by atomic mass is 10.1. The molecule has 4 rings (SSSR count). The number of nitrogens with one attached hydrogen (secondary N) is 1. The molecule has 2 aromatic carbocycles. The number of halogens is 1. The third-order valence-electron chi connectivity index (χ3n) is 5.21. The van der Waals surface area contributed by atoms with Crippen LogP contribution >= 0.6 is 34.7 Å². The van der Waals surface area contributed by atoms with E-state index in [0.29, 0.717) is 28.8 Å². The third kappa shape index (κ3) is 6.33. The molecule has 1 aliphatic heterocycles. The van der Waals surface area contributed by atoms with Gasteiger partial charge in [-0.1, -0.05) is 53.3 Å². The summed E-state index contributed by atoms with van der Waals surface area (Å²) in [6.07, 6.45) is 2.83. The van der Waals surface area contributed by atoms with Crippen LogP contribution in [0.25, 0.3) is 0 Å². The first-order valence-corrected chi connectivity index (χ1v) is 14.1. The summed E-state index contributed by atoms with van der Waals surface area (Å²) < 4.78 is 27.8. The normalized spacial score (nSPS) is 14.8.